The zero-order valence-electron chi connectivity index (χ0n) is 7.44. The molecule has 2 aromatic rings. The Morgan fingerprint density at radius 3 is 3.07 bits per heavy atom. The lowest BCUT2D eigenvalue weighted by Crippen LogP contribution is -1.97. The lowest BCUT2D eigenvalue weighted by Gasteiger charge is -1.97. The molecule has 4 nitrogen and oxygen atoms in total. The number of fused-ring (bicyclic) bond motifs is 1. The molecule has 0 atom stereocenters. The van der Waals surface area contributed by atoms with Crippen molar-refractivity contribution in [1.29, 1.82) is 5.41 Å². The Bertz CT molecular complexity index is 493. The summed E-state index contributed by atoms with van der Waals surface area (Å²) in [5, 5.41) is 17.9. The van der Waals surface area contributed by atoms with Crippen LogP contribution in [0.3, 0.4) is 0 Å². The van der Waals surface area contributed by atoms with Gasteiger partial charge in [0.1, 0.15) is 15.5 Å². The minimum Gasteiger partial charge on any atom is -0.506 e. The summed E-state index contributed by atoms with van der Waals surface area (Å²) in [6.45, 7) is 0. The molecule has 0 fully saturated rings. The van der Waals surface area contributed by atoms with E-state index in [1.165, 1.54) is 18.4 Å². The molecule has 0 aliphatic heterocycles. The normalized spacial score (nSPS) is 10.4. The van der Waals surface area contributed by atoms with E-state index < -0.39 is 0 Å². The lowest BCUT2D eigenvalue weighted by atomic mass is 10.3. The molecule has 0 saturated heterocycles. The number of thiophene rings is 1. The van der Waals surface area contributed by atoms with Gasteiger partial charge in [-0.3, -0.25) is 5.41 Å². The third-order valence-corrected chi connectivity index (χ3v) is 2.95. The molecule has 0 aliphatic carbocycles. The van der Waals surface area contributed by atoms with E-state index in [1.807, 2.05) is 0 Å². The van der Waals surface area contributed by atoms with Crippen molar-refractivity contribution >= 4 is 27.5 Å². The van der Waals surface area contributed by atoms with Crippen molar-refractivity contribution in [3.8, 4) is 5.75 Å². The van der Waals surface area contributed by atoms with Crippen LogP contribution >= 0.6 is 11.3 Å². The Kier molecular flexibility index (Phi) is 2.09. The van der Waals surface area contributed by atoms with Crippen molar-refractivity contribution in [2.24, 2.45) is 0 Å². The highest BCUT2D eigenvalue weighted by Gasteiger charge is 2.15. The Labute approximate surface area is 84.3 Å². The maximum atomic E-state index is 9.74. The smallest absolute Gasteiger partial charge is 0.227 e. The molecule has 0 unspecified atom stereocenters. The summed E-state index contributed by atoms with van der Waals surface area (Å²) in [5.74, 6) is 0.0375. The van der Waals surface area contributed by atoms with Crippen LogP contribution in [0.2, 0.25) is 0 Å². The monoisotopic (exact) mass is 208 g/mol. The van der Waals surface area contributed by atoms with Gasteiger partial charge in [-0.15, -0.1) is 11.3 Å². The Balaban J connectivity index is 2.68. The van der Waals surface area contributed by atoms with Crippen molar-refractivity contribution in [3.05, 3.63) is 23.2 Å². The van der Waals surface area contributed by atoms with E-state index in [9.17, 15) is 5.11 Å². The highest BCUT2D eigenvalue weighted by molar-refractivity contribution is 7.20. The molecule has 0 spiro atoms. The van der Waals surface area contributed by atoms with Gasteiger partial charge in [-0.05, 0) is 12.1 Å². The molecule has 2 aromatic heterocycles. The summed E-state index contributed by atoms with van der Waals surface area (Å²) in [6.07, 6.45) is 1.65. The van der Waals surface area contributed by atoms with E-state index in [-0.39, 0.29) is 11.6 Å². The van der Waals surface area contributed by atoms with Gasteiger partial charge < -0.3 is 9.84 Å². The fourth-order valence-corrected chi connectivity index (χ4v) is 2.13. The van der Waals surface area contributed by atoms with Crippen molar-refractivity contribution in [2.75, 3.05) is 7.11 Å². The lowest BCUT2D eigenvalue weighted by molar-refractivity contribution is 0.398. The number of aromatic nitrogens is 1. The molecule has 0 bridgehead atoms. The Morgan fingerprint density at radius 2 is 2.43 bits per heavy atom. The molecule has 2 heterocycles. The molecule has 0 amide bonds. The number of nitrogens with one attached hydrogen (secondary N) is 1. The van der Waals surface area contributed by atoms with E-state index >= 15 is 0 Å². The van der Waals surface area contributed by atoms with Crippen LogP contribution in [-0.4, -0.2) is 23.1 Å². The first-order valence-electron chi connectivity index (χ1n) is 3.93. The summed E-state index contributed by atoms with van der Waals surface area (Å²) < 4.78 is 4.75. The maximum absolute atomic E-state index is 9.74. The fourth-order valence-electron chi connectivity index (χ4n) is 1.17. The van der Waals surface area contributed by atoms with Gasteiger partial charge in [0.05, 0.1) is 12.5 Å². The third-order valence-electron chi connectivity index (χ3n) is 1.85. The molecule has 0 radical (unpaired) electrons. The van der Waals surface area contributed by atoms with E-state index in [0.717, 1.165) is 0 Å². The first-order valence-corrected chi connectivity index (χ1v) is 4.75. The first-order chi connectivity index (χ1) is 6.74. The van der Waals surface area contributed by atoms with Crippen molar-refractivity contribution in [1.82, 2.24) is 4.98 Å². The molecule has 72 valence electrons. The summed E-state index contributed by atoms with van der Waals surface area (Å²) in [6, 6.07) is 3.51. The largest absolute Gasteiger partial charge is 0.506 e. The standard InChI is InChI=1S/C9H8N2O2S/c1-13-8(10)7-6(12)5-3-2-4-11-9(5)14-7/h2-4,10,12H,1H3. The van der Waals surface area contributed by atoms with Crippen LogP contribution in [0.5, 0.6) is 5.75 Å². The average Bonchev–Trinajstić information content (AvgIpc) is 2.56. The second-order valence-corrected chi connectivity index (χ2v) is 3.67. The topological polar surface area (TPSA) is 66.2 Å². The van der Waals surface area contributed by atoms with Crippen LogP contribution in [0.15, 0.2) is 18.3 Å². The van der Waals surface area contributed by atoms with Crippen molar-refractivity contribution in [2.45, 2.75) is 0 Å². The molecule has 0 saturated carbocycles. The van der Waals surface area contributed by atoms with Gasteiger partial charge in [-0.25, -0.2) is 4.98 Å². The molecule has 2 N–H and O–H groups in total. The van der Waals surface area contributed by atoms with E-state index in [2.05, 4.69) is 4.98 Å². The van der Waals surface area contributed by atoms with Crippen LogP contribution < -0.4 is 0 Å². The number of rotatable bonds is 1. The van der Waals surface area contributed by atoms with Gasteiger partial charge >= 0.3 is 0 Å². The van der Waals surface area contributed by atoms with Crippen LogP contribution in [0, 0.1) is 5.41 Å². The second-order valence-electron chi connectivity index (χ2n) is 2.67. The van der Waals surface area contributed by atoms with Gasteiger partial charge in [-0.2, -0.15) is 0 Å². The molecular formula is C9H8N2O2S. The molecular weight excluding hydrogens is 200 g/mol. The third kappa shape index (κ3) is 1.22. The molecule has 0 aromatic carbocycles. The van der Waals surface area contributed by atoms with Gasteiger partial charge in [0.2, 0.25) is 5.90 Å². The number of aromatic hydroxyl groups is 1. The predicted octanol–water partition coefficient (Wildman–Crippen LogP) is 1.97. The number of ether oxygens (including phenoxy) is 1. The minimum absolute atomic E-state index is 0.0366. The first kappa shape index (κ1) is 8.96. The fraction of sp³-hybridized carbons (Fsp3) is 0.111. The van der Waals surface area contributed by atoms with Crippen LogP contribution in [-0.2, 0) is 4.74 Å². The molecule has 14 heavy (non-hydrogen) atoms. The van der Waals surface area contributed by atoms with Crippen molar-refractivity contribution in [3.63, 3.8) is 0 Å². The molecule has 0 aliphatic rings. The zero-order valence-corrected chi connectivity index (χ0v) is 8.26. The highest BCUT2D eigenvalue weighted by atomic mass is 32.1. The highest BCUT2D eigenvalue weighted by Crippen LogP contribution is 2.35. The minimum atomic E-state index is -0.0366. The number of pyridine rings is 1. The predicted molar refractivity (Wildman–Crippen MR) is 55.1 cm³/mol. The van der Waals surface area contributed by atoms with E-state index in [1.54, 1.807) is 18.3 Å². The average molecular weight is 208 g/mol. The maximum Gasteiger partial charge on any atom is 0.227 e. The summed E-state index contributed by atoms with van der Waals surface area (Å²) in [5.41, 5.74) is 0. The molecule has 2 rings (SSSR count). The number of methoxy groups -OCH3 is 1. The zero-order chi connectivity index (χ0) is 10.1. The summed E-state index contributed by atoms with van der Waals surface area (Å²) in [7, 11) is 1.40. The van der Waals surface area contributed by atoms with Crippen LogP contribution in [0.1, 0.15) is 4.88 Å². The van der Waals surface area contributed by atoms with Gasteiger partial charge in [0, 0.05) is 6.20 Å². The number of nitrogens with zero attached hydrogens (tertiary/aromatic N) is 1. The summed E-state index contributed by atoms with van der Waals surface area (Å²) in [4.78, 5) is 5.21. The van der Waals surface area contributed by atoms with Crippen LogP contribution in [0.4, 0.5) is 0 Å². The number of hydrogen-bond donors (Lipinski definition) is 2. The van der Waals surface area contributed by atoms with Gasteiger partial charge in [0.15, 0.2) is 0 Å². The second kappa shape index (κ2) is 3.26. The quantitative estimate of drug-likeness (QED) is 0.556. The van der Waals surface area contributed by atoms with Crippen molar-refractivity contribution < 1.29 is 9.84 Å². The summed E-state index contributed by atoms with van der Waals surface area (Å²) >= 11 is 1.25. The van der Waals surface area contributed by atoms with Gasteiger partial charge in [-0.1, -0.05) is 0 Å². The van der Waals surface area contributed by atoms with Crippen LogP contribution in [0.25, 0.3) is 10.2 Å². The molecule has 5 heteroatoms. The van der Waals surface area contributed by atoms with E-state index in [0.29, 0.717) is 15.1 Å². The van der Waals surface area contributed by atoms with Gasteiger partial charge in [0.25, 0.3) is 0 Å². The van der Waals surface area contributed by atoms with E-state index in [4.69, 9.17) is 10.1 Å². The Morgan fingerprint density at radius 1 is 1.64 bits per heavy atom. The number of hydrogen-bond acceptors (Lipinski definition) is 5. The SMILES string of the molecule is COC(=N)c1sc2ncccc2c1O. The Hall–Kier alpha value is -1.62.